The van der Waals surface area contributed by atoms with Gasteiger partial charge in [0.1, 0.15) is 5.82 Å². The number of anilines is 3. The third-order valence-electron chi connectivity index (χ3n) is 8.30. The molecule has 0 aliphatic carbocycles. The number of likely N-dealkylation sites (tertiary alicyclic amines) is 1. The molecule has 13 nitrogen and oxygen atoms in total. The Hall–Kier alpha value is -5.30. The highest BCUT2D eigenvalue weighted by Gasteiger charge is 2.28. The zero-order valence-electron chi connectivity index (χ0n) is 25.7. The number of urea groups is 1. The van der Waals surface area contributed by atoms with Gasteiger partial charge in [0.05, 0.1) is 37.3 Å². The molecule has 2 aromatic carbocycles. The van der Waals surface area contributed by atoms with Crippen LogP contribution >= 0.6 is 0 Å². The molecular formula is C33H37N9O4. The van der Waals surface area contributed by atoms with E-state index in [1.807, 2.05) is 52.2 Å². The first-order valence-corrected chi connectivity index (χ1v) is 15.4. The van der Waals surface area contributed by atoms with E-state index in [1.165, 1.54) is 6.08 Å². The van der Waals surface area contributed by atoms with Gasteiger partial charge in [-0.1, -0.05) is 18.7 Å². The fourth-order valence-corrected chi connectivity index (χ4v) is 5.77. The van der Waals surface area contributed by atoms with Gasteiger partial charge in [-0.3, -0.25) is 9.59 Å². The number of piperidine rings is 1. The molecule has 13 heteroatoms. The van der Waals surface area contributed by atoms with E-state index in [9.17, 15) is 14.4 Å². The van der Waals surface area contributed by atoms with Crippen molar-refractivity contribution in [3.8, 4) is 11.4 Å². The maximum absolute atomic E-state index is 13.2. The number of amides is 4. The van der Waals surface area contributed by atoms with Gasteiger partial charge in [-0.2, -0.15) is 5.10 Å². The Morgan fingerprint density at radius 2 is 1.61 bits per heavy atom. The summed E-state index contributed by atoms with van der Waals surface area (Å²) in [5.41, 5.74) is 3.79. The van der Waals surface area contributed by atoms with Gasteiger partial charge < -0.3 is 30.5 Å². The van der Waals surface area contributed by atoms with Crippen LogP contribution in [0.15, 0.2) is 67.4 Å². The van der Waals surface area contributed by atoms with Gasteiger partial charge in [0, 0.05) is 50.2 Å². The predicted molar refractivity (Wildman–Crippen MR) is 176 cm³/mol. The zero-order chi connectivity index (χ0) is 32.0. The van der Waals surface area contributed by atoms with E-state index < -0.39 is 0 Å². The summed E-state index contributed by atoms with van der Waals surface area (Å²) in [6.45, 7) is 7.38. The lowest BCUT2D eigenvalue weighted by Gasteiger charge is -2.32. The molecule has 0 atom stereocenters. The van der Waals surface area contributed by atoms with Crippen LogP contribution in [0.5, 0.6) is 0 Å². The highest BCUT2D eigenvalue weighted by Crippen LogP contribution is 2.32. The largest absolute Gasteiger partial charge is 0.378 e. The van der Waals surface area contributed by atoms with E-state index in [0.29, 0.717) is 49.9 Å². The fourth-order valence-electron chi connectivity index (χ4n) is 5.77. The highest BCUT2D eigenvalue weighted by atomic mass is 16.5. The van der Waals surface area contributed by atoms with Gasteiger partial charge in [-0.15, -0.1) is 0 Å². The number of fused-ring (bicyclic) bond motifs is 1. The van der Waals surface area contributed by atoms with Crippen molar-refractivity contribution < 1.29 is 19.1 Å². The molecule has 6 rings (SSSR count). The molecule has 0 spiro atoms. The number of ether oxygens (including phenoxy) is 1. The van der Waals surface area contributed by atoms with Crippen LogP contribution in [0.2, 0.25) is 0 Å². The molecule has 46 heavy (non-hydrogen) atoms. The van der Waals surface area contributed by atoms with Crippen LogP contribution < -0.4 is 20.9 Å². The third kappa shape index (κ3) is 6.84. The Kier molecular flexibility index (Phi) is 9.20. The molecule has 3 N–H and O–H groups in total. The van der Waals surface area contributed by atoms with Crippen LogP contribution in [-0.4, -0.2) is 88.9 Å². The second kappa shape index (κ2) is 13.8. The Balaban J connectivity index is 1.19. The molecule has 2 aliphatic rings. The van der Waals surface area contributed by atoms with E-state index in [1.54, 1.807) is 19.2 Å². The van der Waals surface area contributed by atoms with Gasteiger partial charge in [-0.05, 0) is 60.9 Å². The van der Waals surface area contributed by atoms with Crippen LogP contribution in [0.1, 0.15) is 24.4 Å². The van der Waals surface area contributed by atoms with Crippen molar-refractivity contribution in [1.29, 1.82) is 0 Å². The van der Waals surface area contributed by atoms with E-state index in [0.717, 1.165) is 53.9 Å². The molecule has 0 radical (unpaired) electrons. The molecule has 4 heterocycles. The molecule has 0 bridgehead atoms. The summed E-state index contributed by atoms with van der Waals surface area (Å²) in [5, 5.41) is 13.7. The number of carbonyl (C=O) groups is 3. The van der Waals surface area contributed by atoms with Crippen LogP contribution in [0.25, 0.3) is 22.4 Å². The quantitative estimate of drug-likeness (QED) is 0.252. The standard InChI is InChI=1S/C33H37N9O4/c1-3-28(43)36-24-8-4-22(5-9-24)20-29(44)40-14-12-26(13-15-40)42-32-27(21-35-42)31(41-16-18-46-19-17-41)38-30(39-32)23-6-10-25(11-7-23)37-33(45)34-2/h3-11,21,26H,1,12-20H2,2H3,(H,36,43)(H2,34,37,45). The number of nitrogens with zero attached hydrogens (tertiary/aromatic N) is 6. The van der Waals surface area contributed by atoms with Crippen molar-refractivity contribution in [3.05, 3.63) is 72.9 Å². The first-order chi connectivity index (χ1) is 22.4. The lowest BCUT2D eigenvalue weighted by molar-refractivity contribution is -0.131. The summed E-state index contributed by atoms with van der Waals surface area (Å²) in [6.07, 6.45) is 4.86. The number of hydrogen-bond donors (Lipinski definition) is 3. The van der Waals surface area contributed by atoms with Crippen LogP contribution in [0.4, 0.5) is 22.0 Å². The Labute approximate surface area is 266 Å². The topological polar surface area (TPSA) is 147 Å². The van der Waals surface area contributed by atoms with Gasteiger partial charge in [0.2, 0.25) is 11.8 Å². The summed E-state index contributed by atoms with van der Waals surface area (Å²) in [5.74, 6) is 1.19. The molecule has 0 saturated carbocycles. The number of morpholine rings is 1. The van der Waals surface area contributed by atoms with Gasteiger partial charge in [0.25, 0.3) is 0 Å². The normalized spacial score (nSPS) is 15.4. The van der Waals surface area contributed by atoms with E-state index in [4.69, 9.17) is 19.8 Å². The van der Waals surface area contributed by atoms with Crippen molar-refractivity contribution in [3.63, 3.8) is 0 Å². The molecule has 4 amide bonds. The highest BCUT2D eigenvalue weighted by molar-refractivity contribution is 5.98. The van der Waals surface area contributed by atoms with Crippen molar-refractivity contribution in [2.45, 2.75) is 25.3 Å². The summed E-state index contributed by atoms with van der Waals surface area (Å²) < 4.78 is 7.59. The smallest absolute Gasteiger partial charge is 0.318 e. The molecule has 2 saturated heterocycles. The van der Waals surface area contributed by atoms with Crippen LogP contribution in [-0.2, 0) is 20.7 Å². The van der Waals surface area contributed by atoms with Crippen molar-refractivity contribution >= 4 is 46.1 Å². The van der Waals surface area contributed by atoms with E-state index >= 15 is 0 Å². The first-order valence-electron chi connectivity index (χ1n) is 15.4. The number of nitrogens with one attached hydrogen (secondary N) is 3. The molecule has 0 unspecified atom stereocenters. The average Bonchev–Trinajstić information content (AvgIpc) is 3.53. The summed E-state index contributed by atoms with van der Waals surface area (Å²) >= 11 is 0. The molecule has 2 fully saturated rings. The van der Waals surface area contributed by atoms with E-state index in [-0.39, 0.29) is 23.9 Å². The monoisotopic (exact) mass is 623 g/mol. The Morgan fingerprint density at radius 3 is 2.28 bits per heavy atom. The van der Waals surface area contributed by atoms with Crippen LogP contribution in [0.3, 0.4) is 0 Å². The third-order valence-corrected chi connectivity index (χ3v) is 8.30. The first kappa shape index (κ1) is 30.7. The van der Waals surface area contributed by atoms with Crippen molar-refractivity contribution in [2.24, 2.45) is 0 Å². The second-order valence-corrected chi connectivity index (χ2v) is 11.3. The number of hydrogen-bond acceptors (Lipinski definition) is 8. The molecule has 4 aromatic rings. The van der Waals surface area contributed by atoms with Gasteiger partial charge in [0.15, 0.2) is 11.5 Å². The molecule has 2 aromatic heterocycles. The second-order valence-electron chi connectivity index (χ2n) is 11.3. The maximum Gasteiger partial charge on any atom is 0.318 e. The lowest BCUT2D eigenvalue weighted by Crippen LogP contribution is -2.40. The van der Waals surface area contributed by atoms with Crippen molar-refractivity contribution in [1.82, 2.24) is 30.0 Å². The SMILES string of the molecule is C=CC(=O)Nc1ccc(CC(=O)N2CCC(n3ncc4c(N5CCOCC5)nc(-c5ccc(NC(=O)NC)cc5)nc43)CC2)cc1. The number of benzene rings is 2. The summed E-state index contributed by atoms with van der Waals surface area (Å²) in [4.78, 5) is 50.5. The predicted octanol–water partition coefficient (Wildman–Crippen LogP) is 3.61. The minimum atomic E-state index is -0.290. The lowest BCUT2D eigenvalue weighted by atomic mass is 10.0. The maximum atomic E-state index is 13.2. The molecule has 2 aliphatic heterocycles. The Morgan fingerprint density at radius 1 is 0.935 bits per heavy atom. The summed E-state index contributed by atoms with van der Waals surface area (Å²) in [7, 11) is 1.57. The van der Waals surface area contributed by atoms with Gasteiger partial charge in [-0.25, -0.2) is 19.4 Å². The minimum Gasteiger partial charge on any atom is -0.378 e. The summed E-state index contributed by atoms with van der Waals surface area (Å²) in [6, 6.07) is 14.5. The zero-order valence-corrected chi connectivity index (χ0v) is 25.7. The number of rotatable bonds is 8. The molecule has 238 valence electrons. The van der Waals surface area contributed by atoms with Crippen LogP contribution in [0, 0.1) is 0 Å². The fraction of sp³-hybridized carbons (Fsp3) is 0.333. The Bertz CT molecular complexity index is 1720. The van der Waals surface area contributed by atoms with E-state index in [2.05, 4.69) is 27.4 Å². The minimum absolute atomic E-state index is 0.0696. The van der Waals surface area contributed by atoms with Gasteiger partial charge >= 0.3 is 6.03 Å². The number of aromatic nitrogens is 4. The number of carbonyl (C=O) groups excluding carboxylic acids is 3. The molecular weight excluding hydrogens is 586 g/mol. The average molecular weight is 624 g/mol. The van der Waals surface area contributed by atoms with Crippen molar-refractivity contribution in [2.75, 3.05) is 62.0 Å².